The van der Waals surface area contributed by atoms with Crippen molar-refractivity contribution >= 4 is 11.8 Å². The molecule has 1 unspecified atom stereocenters. The highest BCUT2D eigenvalue weighted by atomic mass is 16.5. The number of aliphatic hydroxyl groups excluding tert-OH is 1. The van der Waals surface area contributed by atoms with E-state index in [4.69, 9.17) is 0 Å². The minimum absolute atomic E-state index is 0.242. The second-order valence-corrected chi connectivity index (χ2v) is 5.83. The summed E-state index contributed by atoms with van der Waals surface area (Å²) in [6, 6.07) is 0. The van der Waals surface area contributed by atoms with Crippen molar-refractivity contribution in [3.05, 3.63) is 24.3 Å². The molecule has 1 fully saturated rings. The van der Waals surface area contributed by atoms with E-state index in [1.54, 1.807) is 12.2 Å². The van der Waals surface area contributed by atoms with Gasteiger partial charge in [-0.15, -0.1) is 0 Å². The lowest BCUT2D eigenvalue weighted by atomic mass is 10.0. The monoisotopic (exact) mass is 308 g/mol. The van der Waals surface area contributed by atoms with Gasteiger partial charge in [0.15, 0.2) is 5.78 Å². The van der Waals surface area contributed by atoms with E-state index in [2.05, 4.69) is 4.74 Å². The molecule has 0 aliphatic heterocycles. The van der Waals surface area contributed by atoms with Crippen molar-refractivity contribution in [2.45, 2.75) is 63.9 Å². The molecular formula is C18H28O4. The Morgan fingerprint density at radius 3 is 2.59 bits per heavy atom. The molecule has 0 heterocycles. The zero-order valence-corrected chi connectivity index (χ0v) is 13.5. The molecule has 0 spiro atoms. The van der Waals surface area contributed by atoms with Gasteiger partial charge in [0.05, 0.1) is 13.2 Å². The van der Waals surface area contributed by atoms with Crippen LogP contribution in [0.1, 0.15) is 57.8 Å². The number of unbranched alkanes of at least 4 members (excludes halogenated alkanes) is 1. The van der Waals surface area contributed by atoms with E-state index in [1.165, 1.54) is 20.0 Å². The molecule has 0 aromatic carbocycles. The van der Waals surface area contributed by atoms with Crippen molar-refractivity contribution in [1.82, 2.24) is 0 Å². The van der Waals surface area contributed by atoms with Crippen molar-refractivity contribution in [3.63, 3.8) is 0 Å². The summed E-state index contributed by atoms with van der Waals surface area (Å²) in [4.78, 5) is 22.7. The normalized spacial score (nSPS) is 17.4. The zero-order valence-electron chi connectivity index (χ0n) is 13.5. The Labute approximate surface area is 133 Å². The summed E-state index contributed by atoms with van der Waals surface area (Å²) >= 11 is 0. The summed E-state index contributed by atoms with van der Waals surface area (Å²) in [5.74, 6) is 0.279. The Balaban J connectivity index is 2.07. The minimum atomic E-state index is -0.520. The first-order chi connectivity index (χ1) is 10.6. The quantitative estimate of drug-likeness (QED) is 0.291. The molecule has 124 valence electrons. The number of esters is 1. The third-order valence-electron chi connectivity index (χ3n) is 4.01. The molecule has 1 aliphatic carbocycles. The maximum atomic E-state index is 11.8. The number of rotatable bonds is 10. The minimum Gasteiger partial charge on any atom is -0.469 e. The van der Waals surface area contributed by atoms with E-state index in [0.717, 1.165) is 25.7 Å². The van der Waals surface area contributed by atoms with Gasteiger partial charge in [-0.1, -0.05) is 31.1 Å². The Morgan fingerprint density at radius 2 is 1.91 bits per heavy atom. The maximum Gasteiger partial charge on any atom is 0.305 e. The molecule has 1 saturated carbocycles. The largest absolute Gasteiger partial charge is 0.469 e. The maximum absolute atomic E-state index is 11.8. The van der Waals surface area contributed by atoms with Crippen molar-refractivity contribution in [1.29, 1.82) is 0 Å². The summed E-state index contributed by atoms with van der Waals surface area (Å²) in [6.45, 7) is 0. The fourth-order valence-electron chi connectivity index (χ4n) is 2.65. The molecule has 0 saturated heterocycles. The lowest BCUT2D eigenvalue weighted by molar-refractivity contribution is -0.140. The van der Waals surface area contributed by atoms with E-state index in [-0.39, 0.29) is 17.7 Å². The molecule has 1 rings (SSSR count). The number of carbonyl (C=O) groups is 2. The van der Waals surface area contributed by atoms with E-state index in [0.29, 0.717) is 19.3 Å². The first kappa shape index (κ1) is 18.6. The van der Waals surface area contributed by atoms with E-state index in [1.807, 2.05) is 12.2 Å². The molecule has 4 heteroatoms. The second-order valence-electron chi connectivity index (χ2n) is 5.83. The SMILES string of the molecule is COC(=O)CCCC(O)C=CCCC=CC(=O)C1CCCC1. The molecule has 1 atom stereocenters. The predicted octanol–water partition coefficient (Wildman–Crippen LogP) is 3.34. The molecule has 22 heavy (non-hydrogen) atoms. The Morgan fingerprint density at radius 1 is 1.23 bits per heavy atom. The number of methoxy groups -OCH3 is 1. The smallest absolute Gasteiger partial charge is 0.305 e. The van der Waals surface area contributed by atoms with Crippen molar-refractivity contribution in [2.24, 2.45) is 5.92 Å². The summed E-state index contributed by atoms with van der Waals surface area (Å²) in [7, 11) is 1.36. The molecule has 0 aromatic heterocycles. The average molecular weight is 308 g/mol. The molecule has 4 nitrogen and oxygen atoms in total. The number of allylic oxidation sites excluding steroid dienone is 3. The van der Waals surface area contributed by atoms with Crippen molar-refractivity contribution in [3.8, 4) is 0 Å². The van der Waals surface area contributed by atoms with Gasteiger partial charge in [0.2, 0.25) is 0 Å². The summed E-state index contributed by atoms with van der Waals surface area (Å²) < 4.78 is 4.54. The van der Waals surface area contributed by atoms with E-state index in [9.17, 15) is 14.7 Å². The Hall–Kier alpha value is -1.42. The highest BCUT2D eigenvalue weighted by Crippen LogP contribution is 2.25. The lowest BCUT2D eigenvalue weighted by Gasteiger charge is -2.04. The van der Waals surface area contributed by atoms with Gasteiger partial charge in [0.1, 0.15) is 0 Å². The summed E-state index contributed by atoms with van der Waals surface area (Å²) in [5.41, 5.74) is 0. The highest BCUT2D eigenvalue weighted by molar-refractivity contribution is 5.91. The van der Waals surface area contributed by atoms with Crippen LogP contribution in [0.4, 0.5) is 0 Å². The molecule has 1 N–H and O–H groups in total. The molecular weight excluding hydrogens is 280 g/mol. The first-order valence-corrected chi connectivity index (χ1v) is 8.25. The number of hydrogen-bond acceptors (Lipinski definition) is 4. The summed E-state index contributed by atoms with van der Waals surface area (Å²) in [6.07, 6.45) is 14.4. The fourth-order valence-corrected chi connectivity index (χ4v) is 2.65. The van der Waals surface area contributed by atoms with Gasteiger partial charge in [0, 0.05) is 12.3 Å². The second kappa shape index (κ2) is 11.2. The van der Waals surface area contributed by atoms with Crippen LogP contribution in [-0.2, 0) is 14.3 Å². The molecule has 1 aliphatic rings. The van der Waals surface area contributed by atoms with E-state index >= 15 is 0 Å². The number of ketones is 1. The van der Waals surface area contributed by atoms with Crippen LogP contribution in [0.15, 0.2) is 24.3 Å². The van der Waals surface area contributed by atoms with Crippen LogP contribution in [0.5, 0.6) is 0 Å². The molecule has 0 amide bonds. The van der Waals surface area contributed by atoms with Crippen LogP contribution in [-0.4, -0.2) is 30.1 Å². The lowest BCUT2D eigenvalue weighted by Crippen LogP contribution is -2.06. The first-order valence-electron chi connectivity index (χ1n) is 8.25. The van der Waals surface area contributed by atoms with E-state index < -0.39 is 6.10 Å². The van der Waals surface area contributed by atoms with Crippen LogP contribution in [0.2, 0.25) is 0 Å². The zero-order chi connectivity index (χ0) is 16.2. The van der Waals surface area contributed by atoms with Crippen LogP contribution in [0.25, 0.3) is 0 Å². The van der Waals surface area contributed by atoms with Crippen molar-refractivity contribution < 1.29 is 19.4 Å². The van der Waals surface area contributed by atoms with Gasteiger partial charge in [0.25, 0.3) is 0 Å². The van der Waals surface area contributed by atoms with Gasteiger partial charge in [-0.25, -0.2) is 0 Å². The average Bonchev–Trinajstić information content (AvgIpc) is 3.04. The van der Waals surface area contributed by atoms with Gasteiger partial charge in [-0.3, -0.25) is 9.59 Å². The molecule has 0 aromatic rings. The third kappa shape index (κ3) is 8.13. The number of ether oxygens (including phenoxy) is 1. The topological polar surface area (TPSA) is 63.6 Å². The van der Waals surface area contributed by atoms with Crippen LogP contribution in [0.3, 0.4) is 0 Å². The number of aliphatic hydroxyl groups is 1. The van der Waals surface area contributed by atoms with Gasteiger partial charge >= 0.3 is 5.97 Å². The number of carbonyl (C=O) groups excluding carboxylic acids is 2. The highest BCUT2D eigenvalue weighted by Gasteiger charge is 2.19. The van der Waals surface area contributed by atoms with Crippen molar-refractivity contribution in [2.75, 3.05) is 7.11 Å². The fraction of sp³-hybridized carbons (Fsp3) is 0.667. The van der Waals surface area contributed by atoms with Crippen LogP contribution >= 0.6 is 0 Å². The van der Waals surface area contributed by atoms with Crippen LogP contribution < -0.4 is 0 Å². The third-order valence-corrected chi connectivity index (χ3v) is 4.01. The summed E-state index contributed by atoms with van der Waals surface area (Å²) in [5, 5.41) is 9.71. The van der Waals surface area contributed by atoms with Gasteiger partial charge in [-0.2, -0.15) is 0 Å². The Bertz CT molecular complexity index is 392. The van der Waals surface area contributed by atoms with Gasteiger partial charge in [-0.05, 0) is 44.6 Å². The predicted molar refractivity (Wildman–Crippen MR) is 86.4 cm³/mol. The molecule has 0 radical (unpaired) electrons. The molecule has 0 bridgehead atoms. The van der Waals surface area contributed by atoms with Gasteiger partial charge < -0.3 is 9.84 Å². The van der Waals surface area contributed by atoms with Crippen LogP contribution in [0, 0.1) is 5.92 Å². The Kier molecular flexibility index (Phi) is 9.47. The standard InChI is InChI=1S/C18H28O4/c1-22-18(21)14-8-12-16(19)11-4-2-3-5-13-17(20)15-9-6-7-10-15/h4-5,11,13,15-16,19H,2-3,6-10,12,14H2,1H3. The number of hydrogen-bond donors (Lipinski definition) is 1.